The van der Waals surface area contributed by atoms with E-state index in [4.69, 9.17) is 4.74 Å². The summed E-state index contributed by atoms with van der Waals surface area (Å²) in [4.78, 5) is 23.6. The minimum atomic E-state index is -0.455. The Kier molecular flexibility index (Phi) is 9.17. The maximum absolute atomic E-state index is 12.1. The molecule has 0 aromatic heterocycles. The topological polar surface area (TPSA) is 58.6 Å². The van der Waals surface area contributed by atoms with Crippen LogP contribution < -0.4 is 3.64 Å². The summed E-state index contributed by atoms with van der Waals surface area (Å²) in [5.41, 5.74) is 0. The van der Waals surface area contributed by atoms with Gasteiger partial charge < -0.3 is 4.74 Å². The number of cyclic esters (lactones) is 1. The van der Waals surface area contributed by atoms with Crippen LogP contribution in [0.15, 0.2) is 0 Å². The van der Waals surface area contributed by atoms with Crippen LogP contribution in [-0.4, -0.2) is 29.5 Å². The Morgan fingerprint density at radius 1 is 1.30 bits per heavy atom. The molecule has 0 spiro atoms. The van der Waals surface area contributed by atoms with Crippen molar-refractivity contribution < 1.29 is 14.3 Å². The summed E-state index contributed by atoms with van der Waals surface area (Å²) >= 11 is 1.90. The van der Waals surface area contributed by atoms with Gasteiger partial charge in [-0.25, -0.2) is 4.79 Å². The number of esters is 1. The third kappa shape index (κ3) is 5.95. The van der Waals surface area contributed by atoms with Crippen LogP contribution in [0.25, 0.3) is 0 Å². The molecule has 0 aromatic carbocycles. The van der Waals surface area contributed by atoms with Crippen molar-refractivity contribution in [3.63, 3.8) is 0 Å². The molecule has 116 valence electrons. The minimum absolute atomic E-state index is 0.0168. The van der Waals surface area contributed by atoms with Crippen molar-refractivity contribution in [2.24, 2.45) is 0 Å². The smallest absolute Gasteiger partial charge is 0.330 e. The number of hydrogen-bond donors (Lipinski definition) is 1. The van der Waals surface area contributed by atoms with E-state index >= 15 is 0 Å². The van der Waals surface area contributed by atoms with Crippen LogP contribution in [-0.2, 0) is 14.3 Å². The van der Waals surface area contributed by atoms with Gasteiger partial charge in [0.05, 0.1) is 6.61 Å². The summed E-state index contributed by atoms with van der Waals surface area (Å²) in [7, 11) is 0. The second-order valence-corrected chi connectivity index (χ2v) is 5.67. The maximum Gasteiger partial charge on any atom is 0.330 e. The number of carbonyl (C=O) groups excluding carboxylic acids is 2. The highest BCUT2D eigenvalue weighted by Gasteiger charge is 2.34. The number of nitrogens with zero attached hydrogens (tertiary/aromatic N) is 1. The van der Waals surface area contributed by atoms with Crippen LogP contribution in [0.2, 0.25) is 0 Å². The number of halogens is 1. The lowest BCUT2D eigenvalue weighted by atomic mass is 10.1. The number of amides is 1. The van der Waals surface area contributed by atoms with Gasteiger partial charge in [0.1, 0.15) is 6.04 Å². The molecule has 0 aromatic rings. The number of carbonyl (C=O) groups is 2. The molecule has 0 bridgehead atoms. The van der Waals surface area contributed by atoms with E-state index in [0.29, 0.717) is 19.4 Å². The number of hydrogen-bond acceptors (Lipinski definition) is 4. The van der Waals surface area contributed by atoms with Gasteiger partial charge in [0, 0.05) is 35.7 Å². The fourth-order valence-electron chi connectivity index (χ4n) is 2.35. The Labute approximate surface area is 135 Å². The van der Waals surface area contributed by atoms with E-state index in [1.807, 2.05) is 22.9 Å². The van der Waals surface area contributed by atoms with Crippen LogP contribution in [0, 0.1) is 0 Å². The van der Waals surface area contributed by atoms with Gasteiger partial charge in [-0.15, -0.1) is 0 Å². The Balaban J connectivity index is 2.18. The van der Waals surface area contributed by atoms with Gasteiger partial charge in [0.2, 0.25) is 5.91 Å². The van der Waals surface area contributed by atoms with Gasteiger partial charge in [-0.2, -0.15) is 3.64 Å². The molecular formula is C14H25IN2O3. The molecule has 1 amide bonds. The summed E-state index contributed by atoms with van der Waals surface area (Å²) in [6, 6.07) is -0.455. The second-order valence-electron chi connectivity index (χ2n) is 5.19. The molecule has 1 atom stereocenters. The van der Waals surface area contributed by atoms with Crippen LogP contribution in [0.4, 0.5) is 0 Å². The third-order valence-electron chi connectivity index (χ3n) is 3.57. The lowest BCUT2D eigenvalue weighted by Gasteiger charge is -2.23. The molecule has 1 aliphatic rings. The van der Waals surface area contributed by atoms with Gasteiger partial charge in [0.15, 0.2) is 0 Å². The largest absolute Gasteiger partial charge is 0.464 e. The van der Waals surface area contributed by atoms with Crippen molar-refractivity contribution in [1.82, 2.24) is 8.65 Å². The summed E-state index contributed by atoms with van der Waals surface area (Å²) in [5.74, 6) is -0.320. The zero-order valence-electron chi connectivity index (χ0n) is 12.2. The number of rotatable bonds is 10. The molecule has 1 fully saturated rings. The fourth-order valence-corrected chi connectivity index (χ4v) is 2.96. The van der Waals surface area contributed by atoms with Crippen molar-refractivity contribution in [2.75, 3.05) is 6.61 Å². The summed E-state index contributed by atoms with van der Waals surface area (Å²) in [5, 5.41) is 1.42. The lowest BCUT2D eigenvalue weighted by Crippen LogP contribution is -2.47. The van der Waals surface area contributed by atoms with E-state index in [-0.39, 0.29) is 11.9 Å². The highest BCUT2D eigenvalue weighted by atomic mass is 127. The molecule has 1 rings (SSSR count). The highest BCUT2D eigenvalue weighted by molar-refractivity contribution is 14.1. The zero-order chi connectivity index (χ0) is 14.8. The van der Waals surface area contributed by atoms with E-state index in [1.54, 1.807) is 0 Å². The first-order valence-electron chi connectivity index (χ1n) is 7.55. The molecule has 0 saturated carbocycles. The molecule has 20 heavy (non-hydrogen) atoms. The number of ether oxygens (including phenoxy) is 1. The predicted molar refractivity (Wildman–Crippen MR) is 86.0 cm³/mol. The van der Waals surface area contributed by atoms with Crippen LogP contribution in [0.5, 0.6) is 0 Å². The van der Waals surface area contributed by atoms with Crippen LogP contribution in [0.1, 0.15) is 64.7 Å². The van der Waals surface area contributed by atoms with Crippen LogP contribution in [0.3, 0.4) is 0 Å². The Bertz CT molecular complexity index is 313. The predicted octanol–water partition coefficient (Wildman–Crippen LogP) is 3.13. The van der Waals surface area contributed by atoms with Crippen molar-refractivity contribution in [2.45, 2.75) is 70.8 Å². The molecule has 0 radical (unpaired) electrons. The molecule has 6 heteroatoms. The average molecular weight is 396 g/mol. The molecule has 1 heterocycles. The number of nitrogens with one attached hydrogen (secondary N) is 1. The summed E-state index contributed by atoms with van der Waals surface area (Å²) in [6.45, 7) is 2.61. The number of unbranched alkanes of at least 4 members (excludes halogenated alkanes) is 6. The van der Waals surface area contributed by atoms with Gasteiger partial charge >= 0.3 is 5.97 Å². The molecule has 1 unspecified atom stereocenters. The Hall–Kier alpha value is -0.370. The SMILES string of the molecule is CCCCCCCCCC(=O)N(NI)C1CCOC1=O. The third-order valence-corrected chi connectivity index (χ3v) is 4.09. The Morgan fingerprint density at radius 2 is 1.95 bits per heavy atom. The summed E-state index contributed by atoms with van der Waals surface area (Å²) < 4.78 is 7.70. The van der Waals surface area contributed by atoms with Crippen molar-refractivity contribution in [1.29, 1.82) is 0 Å². The van der Waals surface area contributed by atoms with E-state index < -0.39 is 6.04 Å². The molecule has 0 aliphatic carbocycles. The van der Waals surface area contributed by atoms with Crippen molar-refractivity contribution in [3.05, 3.63) is 0 Å². The van der Waals surface area contributed by atoms with Crippen molar-refractivity contribution in [3.8, 4) is 0 Å². The van der Waals surface area contributed by atoms with E-state index in [2.05, 4.69) is 10.6 Å². The Morgan fingerprint density at radius 3 is 2.50 bits per heavy atom. The molecule has 1 N–H and O–H groups in total. The van der Waals surface area contributed by atoms with Crippen molar-refractivity contribution >= 4 is 34.7 Å². The normalized spacial score (nSPS) is 18.1. The van der Waals surface area contributed by atoms with Crippen LogP contribution >= 0.6 is 22.9 Å². The lowest BCUT2D eigenvalue weighted by molar-refractivity contribution is -0.149. The second kappa shape index (κ2) is 10.4. The fraction of sp³-hybridized carbons (Fsp3) is 0.857. The van der Waals surface area contributed by atoms with Gasteiger partial charge in [-0.1, -0.05) is 45.4 Å². The average Bonchev–Trinajstić information content (AvgIpc) is 2.85. The first kappa shape index (κ1) is 17.7. The molecule has 1 aliphatic heterocycles. The first-order valence-corrected chi connectivity index (χ1v) is 8.63. The molecular weight excluding hydrogens is 371 g/mol. The monoisotopic (exact) mass is 396 g/mol. The summed E-state index contributed by atoms with van der Waals surface area (Å²) in [6.07, 6.45) is 9.34. The first-order chi connectivity index (χ1) is 9.70. The number of hydrazine groups is 1. The van der Waals surface area contributed by atoms with E-state index in [1.165, 1.54) is 37.1 Å². The minimum Gasteiger partial charge on any atom is -0.464 e. The maximum atomic E-state index is 12.1. The zero-order valence-corrected chi connectivity index (χ0v) is 14.4. The van der Waals surface area contributed by atoms with Gasteiger partial charge in [0.25, 0.3) is 0 Å². The quantitative estimate of drug-likeness (QED) is 0.203. The standard InChI is InChI=1S/C14H25IN2O3/c1-2-3-4-5-6-7-8-9-13(18)17(16-15)12-10-11-20-14(12)19/h12,16H,2-11H2,1H3. The molecule has 5 nitrogen and oxygen atoms in total. The van der Waals surface area contributed by atoms with E-state index in [0.717, 1.165) is 12.8 Å². The van der Waals surface area contributed by atoms with Gasteiger partial charge in [-0.05, 0) is 6.42 Å². The van der Waals surface area contributed by atoms with E-state index in [9.17, 15) is 9.59 Å². The highest BCUT2D eigenvalue weighted by Crippen LogP contribution is 2.16. The van der Waals surface area contributed by atoms with Gasteiger partial charge in [-0.3, -0.25) is 9.80 Å². The molecule has 1 saturated heterocycles.